The quantitative estimate of drug-likeness (QED) is 0.177. The van der Waals surface area contributed by atoms with Gasteiger partial charge in [-0.15, -0.1) is 0 Å². The van der Waals surface area contributed by atoms with Gasteiger partial charge in [-0.05, 0) is 70.8 Å². The molecule has 0 aromatic heterocycles. The van der Waals surface area contributed by atoms with E-state index in [-0.39, 0.29) is 11.4 Å². The fourth-order valence-electron chi connectivity index (χ4n) is 5.51. The minimum atomic E-state index is -4.62. The summed E-state index contributed by atoms with van der Waals surface area (Å²) in [7, 11) is 0. The lowest BCUT2D eigenvalue weighted by Crippen LogP contribution is -2.41. The summed E-state index contributed by atoms with van der Waals surface area (Å²) < 4.78 is 93.2. The van der Waals surface area contributed by atoms with Crippen molar-refractivity contribution in [2.24, 2.45) is 0 Å². The minimum absolute atomic E-state index is 0.305. The molecular formula is C32H28F6N4O2. The van der Waals surface area contributed by atoms with E-state index in [4.69, 9.17) is 20.9 Å². The van der Waals surface area contributed by atoms with Crippen LogP contribution in [0.4, 0.5) is 49.1 Å². The molecule has 230 valence electrons. The van der Waals surface area contributed by atoms with Crippen LogP contribution in [0, 0.1) is 0 Å². The highest BCUT2D eigenvalue weighted by Gasteiger charge is 2.34. The summed E-state index contributed by atoms with van der Waals surface area (Å²) in [6.07, 6.45) is -9.24. The first-order chi connectivity index (χ1) is 20.9. The number of nitrogen functional groups attached to an aromatic ring is 2. The molecule has 0 aliphatic carbocycles. The molecule has 1 fully saturated rings. The van der Waals surface area contributed by atoms with E-state index in [1.165, 1.54) is 24.3 Å². The third kappa shape index (κ3) is 5.87. The van der Waals surface area contributed by atoms with Gasteiger partial charge in [0.1, 0.15) is 0 Å². The third-order valence-corrected chi connectivity index (χ3v) is 7.85. The molecule has 1 saturated heterocycles. The second-order valence-corrected chi connectivity index (χ2v) is 10.7. The van der Waals surface area contributed by atoms with Gasteiger partial charge in [-0.3, -0.25) is 4.90 Å². The molecule has 2 heterocycles. The first-order valence-corrected chi connectivity index (χ1v) is 13.9. The van der Waals surface area contributed by atoms with Crippen LogP contribution in [0.3, 0.4) is 0 Å². The Morgan fingerprint density at radius 3 is 1.48 bits per heavy atom. The summed E-state index contributed by atoms with van der Waals surface area (Å²) in [5, 5.41) is 0. The number of ether oxygens (including phenoxy) is 2. The molecule has 0 amide bonds. The van der Waals surface area contributed by atoms with E-state index in [9.17, 15) is 26.3 Å². The summed E-state index contributed by atoms with van der Waals surface area (Å²) in [6, 6.07) is 17.8. The molecule has 4 aromatic rings. The Hall–Kier alpha value is -4.42. The van der Waals surface area contributed by atoms with Crippen molar-refractivity contribution in [2.45, 2.75) is 12.4 Å². The number of morpholine rings is 1. The second-order valence-electron chi connectivity index (χ2n) is 10.7. The van der Waals surface area contributed by atoms with E-state index in [1.54, 1.807) is 36.4 Å². The van der Waals surface area contributed by atoms with Crippen molar-refractivity contribution in [3.63, 3.8) is 0 Å². The van der Waals surface area contributed by atoms with Gasteiger partial charge in [-0.1, -0.05) is 24.3 Å². The van der Waals surface area contributed by atoms with Crippen LogP contribution in [0.25, 0.3) is 22.3 Å². The maximum Gasteiger partial charge on any atom is 0.418 e. The Morgan fingerprint density at radius 2 is 1.02 bits per heavy atom. The van der Waals surface area contributed by atoms with E-state index in [1.807, 2.05) is 4.90 Å². The van der Waals surface area contributed by atoms with Crippen molar-refractivity contribution in [1.82, 2.24) is 4.90 Å². The number of fused-ring (bicyclic) bond motifs is 2. The van der Waals surface area contributed by atoms with Crippen LogP contribution in [0.1, 0.15) is 11.1 Å². The van der Waals surface area contributed by atoms with Gasteiger partial charge in [0.05, 0.1) is 35.7 Å². The summed E-state index contributed by atoms with van der Waals surface area (Å²) in [5.74, 6) is 0.792. The number of alkyl halides is 6. The number of nitrogens with two attached hydrogens (primary N) is 2. The SMILES string of the molecule is Nc1ccc(-c2ccc3c(c2)Oc2cc(-c4ccc(N)c(C(F)(F)F)c4)ccc2N3CCN2CCOCC2)cc1C(F)(F)F. The van der Waals surface area contributed by atoms with Crippen molar-refractivity contribution < 1.29 is 35.8 Å². The zero-order chi connectivity index (χ0) is 31.2. The number of halogens is 6. The van der Waals surface area contributed by atoms with Crippen molar-refractivity contribution >= 4 is 22.7 Å². The van der Waals surface area contributed by atoms with Crippen molar-refractivity contribution in [2.75, 3.05) is 55.8 Å². The van der Waals surface area contributed by atoms with Gasteiger partial charge in [0, 0.05) is 37.6 Å². The van der Waals surface area contributed by atoms with Crippen LogP contribution in [0.2, 0.25) is 0 Å². The van der Waals surface area contributed by atoms with Crippen LogP contribution in [-0.2, 0) is 17.1 Å². The van der Waals surface area contributed by atoms with E-state index < -0.39 is 23.5 Å². The lowest BCUT2D eigenvalue weighted by molar-refractivity contribution is -0.137. The molecule has 0 bridgehead atoms. The molecule has 44 heavy (non-hydrogen) atoms. The van der Waals surface area contributed by atoms with Crippen LogP contribution < -0.4 is 21.1 Å². The molecule has 4 N–H and O–H groups in total. The standard InChI is InChI=1S/C32H28F6N4O2/c33-31(34,35)23-15-19(1-5-25(23)39)21-3-7-27-29(17-21)44-30-18-22(20-2-6-26(40)24(16-20)32(36,37)38)4-8-28(30)42(27)10-9-41-11-13-43-14-12-41/h1-8,15-18H,9-14,39-40H2. The van der Waals surface area contributed by atoms with E-state index in [0.717, 1.165) is 25.2 Å². The molecule has 6 nitrogen and oxygen atoms in total. The number of benzene rings is 4. The zero-order valence-corrected chi connectivity index (χ0v) is 23.3. The van der Waals surface area contributed by atoms with Gasteiger partial charge >= 0.3 is 12.4 Å². The van der Waals surface area contributed by atoms with Gasteiger partial charge in [0.25, 0.3) is 0 Å². The molecule has 0 radical (unpaired) electrons. The van der Waals surface area contributed by atoms with Gasteiger partial charge in [-0.2, -0.15) is 26.3 Å². The molecule has 2 aliphatic heterocycles. The molecule has 0 saturated carbocycles. The van der Waals surface area contributed by atoms with Crippen LogP contribution in [0.15, 0.2) is 72.8 Å². The number of anilines is 4. The maximum absolute atomic E-state index is 13.6. The molecule has 4 aromatic carbocycles. The predicted octanol–water partition coefficient (Wildman–Crippen LogP) is 7.80. The number of nitrogens with zero attached hydrogens (tertiary/aromatic N) is 2. The van der Waals surface area contributed by atoms with Crippen LogP contribution >= 0.6 is 0 Å². The molecule has 0 spiro atoms. The normalized spacial score (nSPS) is 15.5. The average molecular weight is 615 g/mol. The Labute approximate surface area is 249 Å². The molecule has 0 atom stereocenters. The van der Waals surface area contributed by atoms with Crippen LogP contribution in [0.5, 0.6) is 11.5 Å². The lowest BCUT2D eigenvalue weighted by atomic mass is 9.99. The van der Waals surface area contributed by atoms with Crippen LogP contribution in [-0.4, -0.2) is 44.3 Å². The molecule has 6 rings (SSSR count). The first kappa shape index (κ1) is 29.6. The highest BCUT2D eigenvalue weighted by atomic mass is 19.4. The topological polar surface area (TPSA) is 77.0 Å². The summed E-state index contributed by atoms with van der Waals surface area (Å²) in [5.41, 5.74) is 11.6. The minimum Gasteiger partial charge on any atom is -0.453 e. The fourth-order valence-corrected chi connectivity index (χ4v) is 5.51. The van der Waals surface area contributed by atoms with Gasteiger partial charge < -0.3 is 25.8 Å². The van der Waals surface area contributed by atoms with Gasteiger partial charge in [0.2, 0.25) is 0 Å². The summed E-state index contributed by atoms with van der Waals surface area (Å²) in [4.78, 5) is 4.31. The van der Waals surface area contributed by atoms with E-state index >= 15 is 0 Å². The third-order valence-electron chi connectivity index (χ3n) is 7.85. The predicted molar refractivity (Wildman–Crippen MR) is 157 cm³/mol. The van der Waals surface area contributed by atoms with Crippen molar-refractivity contribution in [1.29, 1.82) is 0 Å². The van der Waals surface area contributed by atoms with Crippen molar-refractivity contribution in [3.8, 4) is 33.8 Å². The summed E-state index contributed by atoms with van der Waals surface area (Å²) >= 11 is 0. The average Bonchev–Trinajstić information content (AvgIpc) is 2.98. The number of hydrogen-bond acceptors (Lipinski definition) is 6. The first-order valence-electron chi connectivity index (χ1n) is 13.9. The fraction of sp³-hybridized carbons (Fsp3) is 0.250. The largest absolute Gasteiger partial charge is 0.453 e. The smallest absolute Gasteiger partial charge is 0.418 e. The Balaban J connectivity index is 1.40. The Morgan fingerprint density at radius 1 is 0.591 bits per heavy atom. The molecule has 0 unspecified atom stereocenters. The Bertz CT molecular complexity index is 1590. The second kappa shape index (κ2) is 11.3. The highest BCUT2D eigenvalue weighted by Crippen LogP contribution is 2.49. The number of rotatable bonds is 5. The van der Waals surface area contributed by atoms with Crippen molar-refractivity contribution in [3.05, 3.63) is 83.9 Å². The van der Waals surface area contributed by atoms with E-state index in [0.29, 0.717) is 71.4 Å². The molecule has 2 aliphatic rings. The monoisotopic (exact) mass is 614 g/mol. The zero-order valence-electron chi connectivity index (χ0n) is 23.3. The maximum atomic E-state index is 13.6. The van der Waals surface area contributed by atoms with E-state index in [2.05, 4.69) is 4.90 Å². The lowest BCUT2D eigenvalue weighted by Gasteiger charge is -2.35. The molecule has 12 heteroatoms. The number of hydrogen-bond donors (Lipinski definition) is 2. The highest BCUT2D eigenvalue weighted by molar-refractivity contribution is 5.84. The Kier molecular flexibility index (Phi) is 7.58. The van der Waals surface area contributed by atoms with Gasteiger partial charge in [0.15, 0.2) is 11.5 Å². The summed E-state index contributed by atoms with van der Waals surface area (Å²) in [6.45, 7) is 4.07. The van der Waals surface area contributed by atoms with Gasteiger partial charge in [-0.25, -0.2) is 0 Å². The molecular weight excluding hydrogens is 586 g/mol.